The van der Waals surface area contributed by atoms with E-state index in [1.807, 2.05) is 36.4 Å². The van der Waals surface area contributed by atoms with Gasteiger partial charge in [-0.1, -0.05) is 57.2 Å². The molecule has 0 radical (unpaired) electrons. The molecule has 0 spiro atoms. The average molecular weight is 475 g/mol. The Morgan fingerprint density at radius 3 is 2.50 bits per heavy atom. The predicted octanol–water partition coefficient (Wildman–Crippen LogP) is 6.84. The maximum atomic E-state index is 11.4. The first kappa shape index (κ1) is 22.7. The Kier molecular flexibility index (Phi) is 4.99. The third kappa shape index (κ3) is 3.13. The molecule has 5 rings (SSSR count). The zero-order valence-corrected chi connectivity index (χ0v) is 21.2. The minimum absolute atomic E-state index is 0.0326. The minimum atomic E-state index is -1.93. The van der Waals surface area contributed by atoms with Gasteiger partial charge >= 0.3 is 0 Å². The number of hydrogen-bond donors (Lipinski definition) is 2. The highest BCUT2D eigenvalue weighted by molar-refractivity contribution is 6.74. The lowest BCUT2D eigenvalue weighted by atomic mass is 9.87. The molecule has 2 bridgehead atoms. The molecular formula is C27H30N2O4Si. The Labute approximate surface area is 201 Å². The SMILES string of the molecule is [C-]#[N+]c1ccc(-n2c(O)c3c(c2O)C2(CCO[Si](C)(C)C(C)(C)C)C=CC3O2)c2ccccc12. The Hall–Kier alpha value is -3.05. The molecule has 0 fully saturated rings. The van der Waals surface area contributed by atoms with E-state index in [1.54, 1.807) is 12.1 Å². The van der Waals surface area contributed by atoms with Crippen molar-refractivity contribution in [2.75, 3.05) is 6.61 Å². The van der Waals surface area contributed by atoms with E-state index >= 15 is 0 Å². The van der Waals surface area contributed by atoms with Gasteiger partial charge in [0.1, 0.15) is 11.7 Å². The van der Waals surface area contributed by atoms with Crippen molar-refractivity contribution in [1.29, 1.82) is 0 Å². The topological polar surface area (TPSA) is 68.2 Å². The highest BCUT2D eigenvalue weighted by Gasteiger charge is 2.53. The maximum absolute atomic E-state index is 11.4. The average Bonchev–Trinajstić information content (AvgIpc) is 3.42. The fourth-order valence-electron chi connectivity index (χ4n) is 4.83. The monoisotopic (exact) mass is 474 g/mol. The summed E-state index contributed by atoms with van der Waals surface area (Å²) >= 11 is 0. The zero-order valence-electron chi connectivity index (χ0n) is 20.2. The number of fused-ring (bicyclic) bond motifs is 6. The maximum Gasteiger partial charge on any atom is 0.205 e. The summed E-state index contributed by atoms with van der Waals surface area (Å²) in [5.74, 6) is -0.0675. The van der Waals surface area contributed by atoms with Crippen LogP contribution in [0.2, 0.25) is 18.1 Å². The van der Waals surface area contributed by atoms with Crippen molar-refractivity contribution in [2.45, 2.75) is 57.0 Å². The van der Waals surface area contributed by atoms with Gasteiger partial charge in [0.15, 0.2) is 14.0 Å². The zero-order chi connectivity index (χ0) is 24.5. The van der Waals surface area contributed by atoms with Gasteiger partial charge in [-0.15, -0.1) is 0 Å². The van der Waals surface area contributed by atoms with Crippen molar-refractivity contribution in [1.82, 2.24) is 4.57 Å². The Bertz CT molecular complexity index is 1380. The first-order valence-electron chi connectivity index (χ1n) is 11.6. The molecule has 3 aromatic rings. The molecule has 2 aliphatic rings. The van der Waals surface area contributed by atoms with Gasteiger partial charge in [0.05, 0.1) is 23.4 Å². The number of rotatable bonds is 5. The van der Waals surface area contributed by atoms with Crippen molar-refractivity contribution < 1.29 is 19.4 Å². The lowest BCUT2D eigenvalue weighted by molar-refractivity contribution is -0.0195. The van der Waals surface area contributed by atoms with Crippen LogP contribution in [0, 0.1) is 6.57 Å². The summed E-state index contributed by atoms with van der Waals surface area (Å²) in [6.07, 6.45) is 4.06. The Morgan fingerprint density at radius 2 is 1.82 bits per heavy atom. The second-order valence-electron chi connectivity index (χ2n) is 10.7. The molecule has 0 amide bonds. The van der Waals surface area contributed by atoms with E-state index < -0.39 is 20.0 Å². The molecular weight excluding hydrogens is 444 g/mol. The molecule has 2 unspecified atom stereocenters. The molecule has 0 aliphatic carbocycles. The van der Waals surface area contributed by atoms with E-state index in [0.29, 0.717) is 35.5 Å². The second kappa shape index (κ2) is 7.47. The van der Waals surface area contributed by atoms with Crippen LogP contribution in [0.15, 0.2) is 48.6 Å². The van der Waals surface area contributed by atoms with E-state index in [4.69, 9.17) is 15.7 Å². The highest BCUT2D eigenvalue weighted by atomic mass is 28.4. The summed E-state index contributed by atoms with van der Waals surface area (Å²) in [6, 6.07) is 11.0. The van der Waals surface area contributed by atoms with E-state index in [2.05, 4.69) is 38.7 Å². The van der Waals surface area contributed by atoms with Gasteiger partial charge in [-0.3, -0.25) is 4.57 Å². The molecule has 176 valence electrons. The van der Waals surface area contributed by atoms with Gasteiger partial charge in [-0.25, -0.2) is 4.85 Å². The number of aromatic nitrogens is 1. The van der Waals surface area contributed by atoms with Crippen LogP contribution in [0.4, 0.5) is 5.69 Å². The molecule has 2 aromatic carbocycles. The van der Waals surface area contributed by atoms with E-state index in [0.717, 1.165) is 10.8 Å². The summed E-state index contributed by atoms with van der Waals surface area (Å²) in [5, 5.41) is 24.4. The summed E-state index contributed by atoms with van der Waals surface area (Å²) < 4.78 is 14.2. The lowest BCUT2D eigenvalue weighted by Crippen LogP contribution is -2.41. The van der Waals surface area contributed by atoms with Gasteiger partial charge in [-0.05, 0) is 41.0 Å². The smallest absolute Gasteiger partial charge is 0.205 e. The molecule has 0 saturated carbocycles. The standard InChI is InChI=1S/C27H30N2O4Si/c1-26(2,3)34(5,6)32-16-15-27-14-13-21(33-27)22-23(27)25(31)29(24(22)30)20-12-11-19(28-4)17-9-7-8-10-18(17)20/h7-14,21,30-31H,15-16H2,1-3,5-6H3. The quantitative estimate of drug-likeness (QED) is 0.241. The molecule has 6 nitrogen and oxygen atoms in total. The van der Waals surface area contributed by atoms with E-state index in [-0.39, 0.29) is 16.8 Å². The highest BCUT2D eigenvalue weighted by Crippen LogP contribution is 2.60. The van der Waals surface area contributed by atoms with Gasteiger partial charge in [0.25, 0.3) is 0 Å². The summed E-state index contributed by atoms with van der Waals surface area (Å²) in [7, 11) is -1.93. The number of ether oxygens (including phenoxy) is 1. The van der Waals surface area contributed by atoms with E-state index in [9.17, 15) is 10.2 Å². The fourth-order valence-corrected chi connectivity index (χ4v) is 5.87. The molecule has 7 heteroatoms. The van der Waals surface area contributed by atoms with Crippen LogP contribution in [0.25, 0.3) is 21.3 Å². The molecule has 2 N–H and O–H groups in total. The molecule has 1 aromatic heterocycles. The lowest BCUT2D eigenvalue weighted by Gasteiger charge is -2.37. The largest absolute Gasteiger partial charge is 0.494 e. The number of benzene rings is 2. The minimum Gasteiger partial charge on any atom is -0.494 e. The van der Waals surface area contributed by atoms with Crippen molar-refractivity contribution in [3.63, 3.8) is 0 Å². The normalized spacial score (nSPS) is 21.2. The summed E-state index contributed by atoms with van der Waals surface area (Å²) in [6.45, 7) is 19.0. The van der Waals surface area contributed by atoms with Crippen LogP contribution in [0.1, 0.15) is 44.4 Å². The van der Waals surface area contributed by atoms with Crippen molar-refractivity contribution >= 4 is 24.8 Å². The van der Waals surface area contributed by atoms with Gasteiger partial charge < -0.3 is 19.4 Å². The van der Waals surface area contributed by atoms with Crippen LogP contribution in [0.3, 0.4) is 0 Å². The van der Waals surface area contributed by atoms with E-state index in [1.165, 1.54) is 4.57 Å². The van der Waals surface area contributed by atoms with Crippen molar-refractivity contribution in [3.05, 3.63) is 71.1 Å². The van der Waals surface area contributed by atoms with Crippen LogP contribution in [0.5, 0.6) is 11.8 Å². The first-order valence-corrected chi connectivity index (χ1v) is 14.5. The number of hydrogen-bond acceptors (Lipinski definition) is 4. The summed E-state index contributed by atoms with van der Waals surface area (Å²) in [4.78, 5) is 3.62. The Balaban J connectivity index is 1.56. The number of aromatic hydroxyl groups is 2. The molecule has 2 atom stereocenters. The third-order valence-electron chi connectivity index (χ3n) is 7.72. The molecule has 34 heavy (non-hydrogen) atoms. The van der Waals surface area contributed by atoms with Crippen molar-refractivity contribution in [3.8, 4) is 17.4 Å². The van der Waals surface area contributed by atoms with Crippen LogP contribution >= 0.6 is 0 Å². The number of nitrogens with zero attached hydrogens (tertiary/aromatic N) is 2. The molecule has 2 aliphatic heterocycles. The van der Waals surface area contributed by atoms with Crippen LogP contribution in [-0.4, -0.2) is 29.7 Å². The van der Waals surface area contributed by atoms with Gasteiger partial charge in [0, 0.05) is 13.0 Å². The molecule has 3 heterocycles. The van der Waals surface area contributed by atoms with Crippen LogP contribution < -0.4 is 0 Å². The summed E-state index contributed by atoms with van der Waals surface area (Å²) in [5.41, 5.74) is 1.53. The first-order chi connectivity index (χ1) is 16.0. The molecule has 0 saturated heterocycles. The second-order valence-corrected chi connectivity index (χ2v) is 15.5. The fraction of sp³-hybridized carbons (Fsp3) is 0.370. The van der Waals surface area contributed by atoms with Crippen molar-refractivity contribution in [2.24, 2.45) is 0 Å². The third-order valence-corrected chi connectivity index (χ3v) is 12.3. The Morgan fingerprint density at radius 1 is 1.12 bits per heavy atom. The van der Waals surface area contributed by atoms with Gasteiger partial charge in [-0.2, -0.15) is 0 Å². The van der Waals surface area contributed by atoms with Gasteiger partial charge in [0.2, 0.25) is 11.8 Å². The predicted molar refractivity (Wildman–Crippen MR) is 135 cm³/mol. The van der Waals surface area contributed by atoms with Crippen LogP contribution in [-0.2, 0) is 14.8 Å².